The minimum absolute atomic E-state index is 0.137. The molecule has 4 aromatic heterocycles. The zero-order valence-electron chi connectivity index (χ0n) is 15.9. The molecule has 4 rings (SSSR count). The van der Waals surface area contributed by atoms with Crippen LogP contribution >= 0.6 is 22.7 Å². The number of carbonyl (C=O) groups excluding carboxylic acids is 1. The van der Waals surface area contributed by atoms with E-state index in [9.17, 15) is 4.79 Å². The quantitative estimate of drug-likeness (QED) is 0.502. The zero-order chi connectivity index (χ0) is 19.8. The summed E-state index contributed by atoms with van der Waals surface area (Å²) in [5.41, 5.74) is 4.39. The Morgan fingerprint density at radius 2 is 2.04 bits per heavy atom. The second-order valence-corrected chi connectivity index (χ2v) is 8.67. The van der Waals surface area contributed by atoms with Crippen LogP contribution in [0, 0.1) is 20.8 Å². The van der Waals surface area contributed by atoms with Crippen molar-refractivity contribution in [3.8, 4) is 22.5 Å². The van der Waals surface area contributed by atoms with Gasteiger partial charge in [-0.25, -0.2) is 4.98 Å². The Labute approximate surface area is 170 Å². The summed E-state index contributed by atoms with van der Waals surface area (Å²) >= 11 is 3.12. The molecule has 0 bridgehead atoms. The summed E-state index contributed by atoms with van der Waals surface area (Å²) < 4.78 is 7.11. The fraction of sp³-hybridized carbons (Fsp3) is 0.263. The molecule has 0 radical (unpaired) electrons. The van der Waals surface area contributed by atoms with E-state index in [1.54, 1.807) is 23.6 Å². The summed E-state index contributed by atoms with van der Waals surface area (Å²) in [6.07, 6.45) is 1.73. The third-order valence-corrected chi connectivity index (χ3v) is 6.18. The lowest BCUT2D eigenvalue weighted by atomic mass is 10.2. The Balaban J connectivity index is 1.51. The predicted octanol–water partition coefficient (Wildman–Crippen LogP) is 4.92. The summed E-state index contributed by atoms with van der Waals surface area (Å²) in [4.78, 5) is 19.5. The highest BCUT2D eigenvalue weighted by molar-refractivity contribution is 7.14. The molecule has 144 valence electrons. The maximum Gasteiger partial charge on any atom is 0.296 e. The predicted molar refractivity (Wildman–Crippen MR) is 111 cm³/mol. The summed E-state index contributed by atoms with van der Waals surface area (Å²) in [7, 11) is 0. The van der Waals surface area contributed by atoms with Crippen molar-refractivity contribution < 1.29 is 9.32 Å². The molecule has 4 aromatic rings. The van der Waals surface area contributed by atoms with Gasteiger partial charge in [-0.2, -0.15) is 5.10 Å². The van der Waals surface area contributed by atoms with Crippen molar-refractivity contribution in [2.75, 3.05) is 5.32 Å². The first kappa shape index (κ1) is 18.6. The molecule has 0 atom stereocenters. The van der Waals surface area contributed by atoms with Gasteiger partial charge in [-0.1, -0.05) is 5.16 Å². The van der Waals surface area contributed by atoms with Crippen LogP contribution in [0.3, 0.4) is 0 Å². The molecule has 0 fully saturated rings. The van der Waals surface area contributed by atoms with E-state index in [1.807, 2.05) is 23.9 Å². The number of carbonyl (C=O) groups is 1. The van der Waals surface area contributed by atoms with Crippen LogP contribution < -0.4 is 5.32 Å². The number of nitrogens with one attached hydrogen (secondary N) is 1. The maximum atomic E-state index is 12.5. The van der Waals surface area contributed by atoms with Crippen LogP contribution in [0.5, 0.6) is 0 Å². The van der Waals surface area contributed by atoms with Gasteiger partial charge in [0.15, 0.2) is 5.13 Å². The van der Waals surface area contributed by atoms with Crippen molar-refractivity contribution in [3.05, 3.63) is 44.9 Å². The Kier molecular flexibility index (Phi) is 4.86. The molecule has 0 aliphatic heterocycles. The molecule has 0 saturated heterocycles. The average Bonchev–Trinajstić information content (AvgIpc) is 3.42. The number of aromatic nitrogens is 4. The van der Waals surface area contributed by atoms with E-state index in [0.29, 0.717) is 10.8 Å². The number of rotatable bonds is 5. The molecule has 9 heteroatoms. The minimum Gasteiger partial charge on any atom is -0.350 e. The second-order valence-electron chi connectivity index (χ2n) is 6.35. The van der Waals surface area contributed by atoms with Crippen LogP contribution in [-0.4, -0.2) is 25.8 Å². The normalized spacial score (nSPS) is 11.1. The van der Waals surface area contributed by atoms with Gasteiger partial charge in [-0.05, 0) is 33.8 Å². The topological polar surface area (TPSA) is 85.8 Å². The second kappa shape index (κ2) is 7.33. The summed E-state index contributed by atoms with van der Waals surface area (Å²) in [5.74, 6) is -0.239. The van der Waals surface area contributed by atoms with Crippen LogP contribution in [0.1, 0.15) is 32.9 Å². The lowest BCUT2D eigenvalue weighted by molar-refractivity contribution is 0.0988. The minimum atomic E-state index is -0.376. The molecule has 1 amide bonds. The van der Waals surface area contributed by atoms with Crippen molar-refractivity contribution in [2.24, 2.45) is 0 Å². The van der Waals surface area contributed by atoms with E-state index < -0.39 is 0 Å². The fourth-order valence-electron chi connectivity index (χ4n) is 3.02. The van der Waals surface area contributed by atoms with Crippen LogP contribution in [-0.2, 0) is 6.54 Å². The zero-order valence-corrected chi connectivity index (χ0v) is 17.6. The standard InChI is InChI=1S/C19H19N5O2S2/c1-5-24-11(3)14(8-20-24)15-7-17(26-23-15)18(25)22-19-21-16(9-27-19)13-6-10(2)28-12(13)4/h6-9H,5H2,1-4H3,(H,21,22,25). The van der Waals surface area contributed by atoms with Gasteiger partial charge >= 0.3 is 0 Å². The molecular weight excluding hydrogens is 394 g/mol. The van der Waals surface area contributed by atoms with Crippen molar-refractivity contribution in [2.45, 2.75) is 34.2 Å². The molecule has 28 heavy (non-hydrogen) atoms. The average molecular weight is 414 g/mol. The number of thiazole rings is 1. The van der Waals surface area contributed by atoms with Gasteiger partial charge < -0.3 is 4.52 Å². The van der Waals surface area contributed by atoms with E-state index in [0.717, 1.165) is 29.1 Å². The molecule has 4 heterocycles. The Morgan fingerprint density at radius 1 is 1.21 bits per heavy atom. The van der Waals surface area contributed by atoms with Crippen molar-refractivity contribution >= 4 is 33.7 Å². The maximum absolute atomic E-state index is 12.5. The highest BCUT2D eigenvalue weighted by Gasteiger charge is 2.19. The van der Waals surface area contributed by atoms with Crippen LogP contribution in [0.4, 0.5) is 5.13 Å². The number of anilines is 1. The van der Waals surface area contributed by atoms with E-state index >= 15 is 0 Å². The number of nitrogens with zero attached hydrogens (tertiary/aromatic N) is 4. The third-order valence-electron chi connectivity index (χ3n) is 4.45. The van der Waals surface area contributed by atoms with Crippen LogP contribution in [0.2, 0.25) is 0 Å². The number of hydrogen-bond donors (Lipinski definition) is 1. The van der Waals surface area contributed by atoms with Crippen LogP contribution in [0.15, 0.2) is 28.2 Å². The van der Waals surface area contributed by atoms with Crippen molar-refractivity contribution in [1.29, 1.82) is 0 Å². The van der Waals surface area contributed by atoms with Crippen LogP contribution in [0.25, 0.3) is 22.5 Å². The Morgan fingerprint density at radius 3 is 2.71 bits per heavy atom. The monoisotopic (exact) mass is 413 g/mol. The van der Waals surface area contributed by atoms with E-state index in [-0.39, 0.29) is 11.7 Å². The number of amides is 1. The highest BCUT2D eigenvalue weighted by Crippen LogP contribution is 2.32. The first-order valence-electron chi connectivity index (χ1n) is 8.80. The third kappa shape index (κ3) is 3.38. The lowest BCUT2D eigenvalue weighted by Crippen LogP contribution is -2.10. The molecule has 0 aliphatic rings. The van der Waals surface area contributed by atoms with Gasteiger partial charge in [0.1, 0.15) is 5.69 Å². The smallest absolute Gasteiger partial charge is 0.296 e. The number of thiophene rings is 1. The first-order valence-corrected chi connectivity index (χ1v) is 10.5. The van der Waals surface area contributed by atoms with E-state index in [1.165, 1.54) is 21.1 Å². The van der Waals surface area contributed by atoms with Gasteiger partial charge in [0.25, 0.3) is 5.91 Å². The van der Waals surface area contributed by atoms with Gasteiger partial charge in [0.05, 0.1) is 11.9 Å². The largest absolute Gasteiger partial charge is 0.350 e. The van der Waals surface area contributed by atoms with Gasteiger partial charge in [0.2, 0.25) is 5.76 Å². The van der Waals surface area contributed by atoms with Crippen molar-refractivity contribution in [3.63, 3.8) is 0 Å². The molecular formula is C19H19N5O2S2. The van der Waals surface area contributed by atoms with E-state index in [2.05, 4.69) is 40.5 Å². The summed E-state index contributed by atoms with van der Waals surface area (Å²) in [5, 5.41) is 13.6. The van der Waals surface area contributed by atoms with Gasteiger partial charge in [0, 0.05) is 44.6 Å². The molecule has 0 aliphatic carbocycles. The first-order chi connectivity index (χ1) is 13.5. The van der Waals surface area contributed by atoms with Gasteiger partial charge in [-0.15, -0.1) is 22.7 Å². The van der Waals surface area contributed by atoms with Gasteiger partial charge in [-0.3, -0.25) is 14.8 Å². The van der Waals surface area contributed by atoms with E-state index in [4.69, 9.17) is 4.52 Å². The Hall–Kier alpha value is -2.78. The lowest BCUT2D eigenvalue weighted by Gasteiger charge is -1.98. The number of aryl methyl sites for hydroxylation is 3. The Bertz CT molecular complexity index is 1150. The molecule has 1 N–H and O–H groups in total. The molecule has 7 nitrogen and oxygen atoms in total. The molecule has 0 aromatic carbocycles. The summed E-state index contributed by atoms with van der Waals surface area (Å²) in [6, 6.07) is 3.74. The molecule has 0 saturated carbocycles. The molecule has 0 unspecified atom stereocenters. The SMILES string of the molecule is CCn1ncc(-c2cc(C(=O)Nc3nc(-c4cc(C)sc4C)cs3)on2)c1C. The van der Waals surface area contributed by atoms with Crippen molar-refractivity contribution in [1.82, 2.24) is 19.9 Å². The summed E-state index contributed by atoms with van der Waals surface area (Å²) in [6.45, 7) is 8.90. The number of hydrogen-bond acceptors (Lipinski definition) is 7. The fourth-order valence-corrected chi connectivity index (χ4v) is 4.66. The molecule has 0 spiro atoms. The highest BCUT2D eigenvalue weighted by atomic mass is 32.1.